The smallest absolute Gasteiger partial charge is 0.356 e. The highest BCUT2D eigenvalue weighted by molar-refractivity contribution is 6.11. The van der Waals surface area contributed by atoms with Crippen LogP contribution in [0.1, 0.15) is 12.5 Å². The fourth-order valence-electron chi connectivity index (χ4n) is 2.38. The van der Waals surface area contributed by atoms with Gasteiger partial charge in [-0.05, 0) is 13.0 Å². The molecular weight excluding hydrogens is 312 g/mol. The number of aliphatic carboxylic acids is 1. The van der Waals surface area contributed by atoms with Crippen LogP contribution < -0.4 is 0 Å². The second-order valence-corrected chi connectivity index (χ2v) is 5.11. The minimum atomic E-state index is -1.25. The second kappa shape index (κ2) is 5.93. The molecule has 0 spiro atoms. The normalized spacial score (nSPS) is 17.3. The Balaban J connectivity index is 2.01. The molecule has 1 atom stereocenters. The summed E-state index contributed by atoms with van der Waals surface area (Å²) in [5, 5.41) is 19.3. The van der Waals surface area contributed by atoms with Crippen molar-refractivity contribution in [1.29, 1.82) is 5.26 Å². The van der Waals surface area contributed by atoms with E-state index in [1.54, 1.807) is 31.2 Å². The molecule has 3 rings (SSSR count). The number of hydrogen-bond donors (Lipinski definition) is 1. The van der Waals surface area contributed by atoms with Gasteiger partial charge in [-0.1, -0.05) is 18.2 Å². The van der Waals surface area contributed by atoms with E-state index >= 15 is 0 Å². The molecule has 1 aromatic carbocycles. The third kappa shape index (κ3) is 2.61. The summed E-state index contributed by atoms with van der Waals surface area (Å²) < 4.78 is 11.5. The maximum atomic E-state index is 11.6. The zero-order valence-electron chi connectivity index (χ0n) is 12.6. The Morgan fingerprint density at radius 1 is 1.46 bits per heavy atom. The molecular formula is C17H12N2O5. The Labute approximate surface area is 136 Å². The van der Waals surface area contributed by atoms with Crippen LogP contribution in [0.5, 0.6) is 0 Å². The molecule has 7 heteroatoms. The number of rotatable bonds is 4. The number of benzene rings is 1. The molecule has 1 N–H and O–H groups in total. The van der Waals surface area contributed by atoms with E-state index in [0.29, 0.717) is 22.0 Å². The van der Waals surface area contributed by atoms with Crippen molar-refractivity contribution in [2.24, 2.45) is 0 Å². The van der Waals surface area contributed by atoms with E-state index in [2.05, 4.69) is 0 Å². The number of nitrogens with zero attached hydrogens (tertiary/aromatic N) is 2. The average molecular weight is 324 g/mol. The molecule has 120 valence electrons. The van der Waals surface area contributed by atoms with Crippen LogP contribution in [-0.2, 0) is 19.1 Å². The van der Waals surface area contributed by atoms with Crippen LogP contribution in [0.3, 0.4) is 0 Å². The average Bonchev–Trinajstić information content (AvgIpc) is 3.08. The number of cyclic esters (lactones) is 1. The van der Waals surface area contributed by atoms with Crippen molar-refractivity contribution in [2.45, 2.75) is 13.2 Å². The number of carboxylic acid groups (broad SMARTS) is 1. The van der Waals surface area contributed by atoms with Gasteiger partial charge in [0.1, 0.15) is 12.3 Å². The summed E-state index contributed by atoms with van der Waals surface area (Å²) in [4.78, 5) is 22.9. The molecule has 0 saturated heterocycles. The summed E-state index contributed by atoms with van der Waals surface area (Å²) in [5.74, 6) is -1.76. The molecule has 0 saturated carbocycles. The van der Waals surface area contributed by atoms with E-state index in [9.17, 15) is 20.0 Å². The maximum absolute atomic E-state index is 11.6. The number of esters is 1. The zero-order chi connectivity index (χ0) is 17.3. The highest BCUT2D eigenvalue weighted by Gasteiger charge is 2.24. The Morgan fingerprint density at radius 2 is 2.21 bits per heavy atom. The minimum Gasteiger partial charge on any atom is -0.476 e. The van der Waals surface area contributed by atoms with Crippen molar-refractivity contribution in [1.82, 2.24) is 4.57 Å². The SMILES string of the molecule is CC1=CC(O/C=C(/C(=O)O)n2cc(C#N)c3ccccc32)OC1=O. The van der Waals surface area contributed by atoms with Gasteiger partial charge >= 0.3 is 11.9 Å². The number of para-hydroxylation sites is 1. The summed E-state index contributed by atoms with van der Waals surface area (Å²) in [6.45, 7) is 1.58. The molecule has 2 heterocycles. The van der Waals surface area contributed by atoms with Crippen LogP contribution in [-0.4, -0.2) is 27.9 Å². The Morgan fingerprint density at radius 3 is 2.83 bits per heavy atom. The van der Waals surface area contributed by atoms with E-state index in [4.69, 9.17) is 9.47 Å². The minimum absolute atomic E-state index is 0.207. The van der Waals surface area contributed by atoms with Gasteiger partial charge in [0.15, 0.2) is 5.70 Å². The predicted octanol–water partition coefficient (Wildman–Crippen LogP) is 2.24. The van der Waals surface area contributed by atoms with Gasteiger partial charge in [-0.15, -0.1) is 0 Å². The summed E-state index contributed by atoms with van der Waals surface area (Å²) in [6, 6.07) is 8.97. The van der Waals surface area contributed by atoms with Gasteiger partial charge in [0, 0.05) is 23.2 Å². The van der Waals surface area contributed by atoms with Crippen LogP contribution >= 0.6 is 0 Å². The summed E-state index contributed by atoms with van der Waals surface area (Å²) in [5.41, 5.74) is 1.09. The van der Waals surface area contributed by atoms with Crippen LogP contribution in [0.25, 0.3) is 16.6 Å². The third-order valence-electron chi connectivity index (χ3n) is 3.56. The molecule has 1 aromatic heterocycles. The maximum Gasteiger partial charge on any atom is 0.356 e. The lowest BCUT2D eigenvalue weighted by Crippen LogP contribution is -2.12. The van der Waals surface area contributed by atoms with Crippen molar-refractivity contribution >= 4 is 28.5 Å². The lowest BCUT2D eigenvalue weighted by atomic mass is 10.2. The summed E-state index contributed by atoms with van der Waals surface area (Å²) >= 11 is 0. The van der Waals surface area contributed by atoms with E-state index < -0.39 is 18.2 Å². The molecule has 1 unspecified atom stereocenters. The highest BCUT2D eigenvalue weighted by atomic mass is 16.7. The van der Waals surface area contributed by atoms with Crippen LogP contribution in [0.2, 0.25) is 0 Å². The first-order valence-corrected chi connectivity index (χ1v) is 7.00. The molecule has 0 fully saturated rings. The van der Waals surface area contributed by atoms with E-state index in [0.717, 1.165) is 6.26 Å². The van der Waals surface area contributed by atoms with Crippen molar-refractivity contribution in [3.05, 3.63) is 53.9 Å². The number of hydrogen-bond acceptors (Lipinski definition) is 5. The Hall–Kier alpha value is -3.53. The molecule has 0 radical (unpaired) electrons. The first kappa shape index (κ1) is 15.4. The fourth-order valence-corrected chi connectivity index (χ4v) is 2.38. The molecule has 2 aromatic rings. The first-order chi connectivity index (χ1) is 11.5. The predicted molar refractivity (Wildman–Crippen MR) is 83.3 cm³/mol. The van der Waals surface area contributed by atoms with Gasteiger partial charge in [-0.3, -0.25) is 0 Å². The number of nitriles is 1. The number of carbonyl (C=O) groups is 2. The monoisotopic (exact) mass is 324 g/mol. The van der Waals surface area contributed by atoms with Gasteiger partial charge < -0.3 is 19.1 Å². The topological polar surface area (TPSA) is 102 Å². The van der Waals surface area contributed by atoms with Crippen LogP contribution in [0.15, 0.2) is 48.4 Å². The summed E-state index contributed by atoms with van der Waals surface area (Å²) in [6.07, 6.45) is 2.91. The second-order valence-electron chi connectivity index (χ2n) is 5.11. The Kier molecular flexibility index (Phi) is 3.80. The van der Waals surface area contributed by atoms with Crippen molar-refractivity contribution < 1.29 is 24.2 Å². The number of aromatic nitrogens is 1. The quantitative estimate of drug-likeness (QED) is 0.526. The molecule has 1 aliphatic rings. The van der Waals surface area contributed by atoms with Gasteiger partial charge in [0.05, 0.1) is 11.1 Å². The highest BCUT2D eigenvalue weighted by Crippen LogP contribution is 2.24. The van der Waals surface area contributed by atoms with Crippen LogP contribution in [0.4, 0.5) is 0 Å². The number of carboxylic acids is 1. The molecule has 0 aliphatic carbocycles. The standard InChI is InChI=1S/C17H12N2O5/c1-10-6-15(24-17(10)22)23-9-14(16(20)21)19-8-11(7-18)12-4-2-3-5-13(12)19/h2-6,8-9,15H,1H3,(H,20,21)/b14-9-. The molecule has 1 aliphatic heterocycles. The van der Waals surface area contributed by atoms with Crippen LogP contribution in [0, 0.1) is 11.3 Å². The van der Waals surface area contributed by atoms with Gasteiger partial charge in [0.25, 0.3) is 6.29 Å². The Bertz CT molecular complexity index is 946. The van der Waals surface area contributed by atoms with Crippen molar-refractivity contribution in [3.63, 3.8) is 0 Å². The molecule has 7 nitrogen and oxygen atoms in total. The number of fused-ring (bicyclic) bond motifs is 1. The first-order valence-electron chi connectivity index (χ1n) is 7.00. The van der Waals surface area contributed by atoms with E-state index in [1.165, 1.54) is 16.8 Å². The van der Waals surface area contributed by atoms with Gasteiger partial charge in [0.2, 0.25) is 0 Å². The zero-order valence-corrected chi connectivity index (χ0v) is 12.6. The summed E-state index contributed by atoms with van der Waals surface area (Å²) in [7, 11) is 0. The largest absolute Gasteiger partial charge is 0.476 e. The molecule has 0 bridgehead atoms. The van der Waals surface area contributed by atoms with Crippen molar-refractivity contribution in [3.8, 4) is 6.07 Å². The van der Waals surface area contributed by atoms with Gasteiger partial charge in [-0.2, -0.15) is 5.26 Å². The number of ether oxygens (including phenoxy) is 2. The fraction of sp³-hybridized carbons (Fsp3) is 0.118. The van der Waals surface area contributed by atoms with E-state index in [-0.39, 0.29) is 5.70 Å². The molecule has 0 amide bonds. The number of carbonyl (C=O) groups excluding carboxylic acids is 1. The van der Waals surface area contributed by atoms with E-state index in [1.807, 2.05) is 6.07 Å². The lowest BCUT2D eigenvalue weighted by molar-refractivity contribution is -0.152. The lowest BCUT2D eigenvalue weighted by Gasteiger charge is -2.10. The third-order valence-corrected chi connectivity index (χ3v) is 3.56. The molecule has 24 heavy (non-hydrogen) atoms. The van der Waals surface area contributed by atoms with Crippen molar-refractivity contribution in [2.75, 3.05) is 0 Å². The van der Waals surface area contributed by atoms with Gasteiger partial charge in [-0.25, -0.2) is 9.59 Å².